The molecular weight excluding hydrogens is 615 g/mol. The average Bonchev–Trinajstić information content (AvgIpc) is 1.64. The van der Waals surface area contributed by atoms with Gasteiger partial charge in [0.1, 0.15) is 0 Å². The Kier molecular flexibility index (Phi) is 13.0. The van der Waals surface area contributed by atoms with Crippen molar-refractivity contribution < 1.29 is 89.7 Å². The van der Waals surface area contributed by atoms with Crippen molar-refractivity contribution in [3.63, 3.8) is 0 Å². The number of phosphoric acid groups is 2. The Morgan fingerprint density at radius 2 is 0.895 bits per heavy atom. The van der Waals surface area contributed by atoms with Gasteiger partial charge < -0.3 is 0 Å². The molecule has 0 rings (SSSR count). The van der Waals surface area contributed by atoms with Crippen LogP contribution in [0.15, 0.2) is 0 Å². The van der Waals surface area contributed by atoms with Gasteiger partial charge in [0.15, 0.2) is 0 Å². The van der Waals surface area contributed by atoms with E-state index in [1.807, 2.05) is 0 Å². The van der Waals surface area contributed by atoms with Crippen LogP contribution in [0.5, 0.6) is 0 Å². The van der Waals surface area contributed by atoms with Crippen LogP contribution in [0.1, 0.15) is 0 Å². The van der Waals surface area contributed by atoms with E-state index in [0.29, 0.717) is 0 Å². The Morgan fingerprint density at radius 1 is 0.737 bits per heavy atom. The maximum atomic E-state index is 9.57. The van der Waals surface area contributed by atoms with Crippen LogP contribution in [-0.4, -0.2) is 68.5 Å². The summed E-state index contributed by atoms with van der Waals surface area (Å²) in [5.74, 6) is 0. The molecule has 0 heterocycles. The van der Waals surface area contributed by atoms with Gasteiger partial charge in [-0.1, -0.05) is 0 Å². The van der Waals surface area contributed by atoms with Crippen molar-refractivity contribution in [1.82, 2.24) is 0 Å². The van der Waals surface area contributed by atoms with Crippen LogP contribution in [0.25, 0.3) is 0 Å². The van der Waals surface area contributed by atoms with Crippen LogP contribution in [0, 0.1) is 0 Å². The van der Waals surface area contributed by atoms with Gasteiger partial charge in [0.2, 0.25) is 0 Å². The maximum absolute atomic E-state index is 9.57. The molecule has 14 nitrogen and oxygen atoms in total. The van der Waals surface area contributed by atoms with Gasteiger partial charge in [-0.15, -0.1) is 0 Å². The Labute approximate surface area is 152 Å². The minimum absolute atomic E-state index is 0. The van der Waals surface area contributed by atoms with E-state index in [1.54, 1.807) is 0 Å². The van der Waals surface area contributed by atoms with Gasteiger partial charge in [0, 0.05) is 0 Å². The summed E-state index contributed by atoms with van der Waals surface area (Å²) in [6.45, 7) is 0. The molecule has 4 N–H and O–H groups in total. The number of rotatable bonds is 4. The summed E-state index contributed by atoms with van der Waals surface area (Å²) in [5, 5.41) is 0. The van der Waals surface area contributed by atoms with Crippen molar-refractivity contribution in [2.45, 2.75) is 0 Å². The largest absolute Gasteiger partial charge is 2.00 e. The van der Waals surface area contributed by atoms with E-state index in [0.717, 1.165) is 0 Å². The molecule has 0 radical (unpaired) electrons. The summed E-state index contributed by atoms with van der Waals surface area (Å²) >= 11 is -12.6. The van der Waals surface area contributed by atoms with Crippen molar-refractivity contribution in [1.29, 1.82) is 0 Å². The van der Waals surface area contributed by atoms with Crippen molar-refractivity contribution in [3.8, 4) is 0 Å². The van der Waals surface area contributed by atoms with E-state index in [1.165, 1.54) is 0 Å². The molecule has 0 saturated heterocycles. The first-order chi connectivity index (χ1) is 7.41. The molecule has 0 atom stereocenters. The summed E-state index contributed by atoms with van der Waals surface area (Å²) in [6, 6.07) is 0. The van der Waals surface area contributed by atoms with Crippen molar-refractivity contribution in [2.75, 3.05) is 0 Å². The van der Waals surface area contributed by atoms with Gasteiger partial charge in [-0.2, -0.15) is 0 Å². The molecule has 0 aromatic carbocycles. The van der Waals surface area contributed by atoms with Gasteiger partial charge in [0.25, 0.3) is 0 Å². The van der Waals surface area contributed by atoms with E-state index in [-0.39, 0.29) is 48.9 Å². The average molecular weight is 619 g/mol. The molecule has 0 saturated carbocycles. The third kappa shape index (κ3) is 33.2. The summed E-state index contributed by atoms with van der Waals surface area (Å²) in [4.78, 5) is 30.8. The van der Waals surface area contributed by atoms with Crippen LogP contribution >= 0.6 is 15.6 Å². The van der Waals surface area contributed by atoms with Crippen molar-refractivity contribution >= 4 is 64.5 Å². The Bertz CT molecular complexity index is 488. The first kappa shape index (κ1) is 26.2. The molecule has 0 aliphatic heterocycles. The molecule has 0 spiro atoms. The van der Waals surface area contributed by atoms with Gasteiger partial charge in [-0.3, -0.25) is 0 Å². The first-order valence-electron chi connectivity index (χ1n) is 2.86. The third-order valence-corrected chi connectivity index (χ3v) is 6.69. The fourth-order valence-electron chi connectivity index (χ4n) is 0.238. The fourth-order valence-corrected chi connectivity index (χ4v) is 4.22. The Hall–Kier alpha value is 2.29. The standard InChI is InChI=1S/Ba.2Mo.2H3O4P.6O/c;;;2*1-5(2,3)4;;;;;;/h;;;2*(H3,1,2,3,4);;;;;;/q+2;2*+1;;;;;;;2*-1/p-2. The van der Waals surface area contributed by atoms with Crippen molar-refractivity contribution in [3.05, 3.63) is 0 Å². The van der Waals surface area contributed by atoms with E-state index in [2.05, 4.69) is 6.35 Å². The second kappa shape index (κ2) is 9.43. The number of hydrogen-bond donors (Lipinski definition) is 4. The van der Waals surface area contributed by atoms with Crippen LogP contribution in [0.2, 0.25) is 0 Å². The fraction of sp³-hybridized carbons (Fsp3) is 0. The quantitative estimate of drug-likeness (QED) is 0.173. The molecule has 0 aromatic rings. The minimum Gasteiger partial charge on any atom is 2.00 e. The zero-order chi connectivity index (χ0) is 15.4. The monoisotopic (exact) mass is 624 g/mol. The molecule has 112 valence electrons. The van der Waals surface area contributed by atoms with E-state index in [4.69, 9.17) is 19.6 Å². The molecule has 0 fully saturated rings. The maximum Gasteiger partial charge on any atom is 2.00 e. The molecular formula is H4BaMo2O14P2. The molecule has 0 aliphatic carbocycles. The van der Waals surface area contributed by atoms with E-state index >= 15 is 0 Å². The molecule has 0 aromatic heterocycles. The number of hydrogen-bond acceptors (Lipinski definition) is 10. The van der Waals surface area contributed by atoms with Gasteiger partial charge in [-0.05, 0) is 0 Å². The summed E-state index contributed by atoms with van der Waals surface area (Å²) in [7, 11) is -10.3. The molecule has 0 bridgehead atoms. The molecule has 0 aliphatic rings. The summed E-state index contributed by atoms with van der Waals surface area (Å²) in [5.41, 5.74) is 0. The minimum atomic E-state index is -6.28. The SMILES string of the molecule is O=P(O)(O)[O][Mo](=[O])(=[O])[O-].O=P(O)(O)[O][Mo](=[O])(=[O])[O-].[Ba+2]. The van der Waals surface area contributed by atoms with Crippen LogP contribution in [-0.2, 0) is 62.6 Å². The third-order valence-electron chi connectivity index (χ3n) is 0.377. The van der Waals surface area contributed by atoms with Gasteiger partial charge in [-0.25, -0.2) is 0 Å². The predicted molar refractivity (Wildman–Crippen MR) is 34.8 cm³/mol. The smallest absolute Gasteiger partial charge is 2.00 e. The van der Waals surface area contributed by atoms with E-state index < -0.39 is 49.1 Å². The van der Waals surface area contributed by atoms with Crippen LogP contribution in [0.4, 0.5) is 0 Å². The summed E-state index contributed by atoms with van der Waals surface area (Å²) < 4.78 is 81.7. The molecule has 0 amide bonds. The van der Waals surface area contributed by atoms with Crippen molar-refractivity contribution in [2.24, 2.45) is 0 Å². The van der Waals surface area contributed by atoms with E-state index in [9.17, 15) is 30.2 Å². The molecule has 0 unspecified atom stereocenters. The van der Waals surface area contributed by atoms with Gasteiger partial charge >= 0.3 is 154 Å². The zero-order valence-electron chi connectivity index (χ0n) is 8.29. The predicted octanol–water partition coefficient (Wildman–Crippen LogP) is -4.12. The topological polar surface area (TPSA) is 248 Å². The van der Waals surface area contributed by atoms with Gasteiger partial charge in [0.05, 0.1) is 0 Å². The second-order valence-corrected chi connectivity index (χ2v) is 10.4. The molecule has 19 heavy (non-hydrogen) atoms. The molecule has 19 heteroatoms. The first-order valence-corrected chi connectivity index (χ1v) is 12.5. The van der Waals surface area contributed by atoms with Crippen LogP contribution < -0.4 is 7.52 Å². The summed E-state index contributed by atoms with van der Waals surface area (Å²) in [6.07, 6.45) is 0. The Balaban J connectivity index is -0.000000256. The second-order valence-electron chi connectivity index (χ2n) is 1.95. The normalized spacial score (nSPS) is 12.9. The Morgan fingerprint density at radius 3 is 0.895 bits per heavy atom. The zero-order valence-corrected chi connectivity index (χ0v) is 18.5. The van der Waals surface area contributed by atoms with Crippen LogP contribution in [0.3, 0.4) is 0 Å².